The average Bonchev–Trinajstić information content (AvgIpc) is 2.39. The quantitative estimate of drug-likeness (QED) is 0.752. The van der Waals surface area contributed by atoms with Gasteiger partial charge in [-0.1, -0.05) is 51.1 Å². The zero-order chi connectivity index (χ0) is 14.3. The average molecular weight is 263 g/mol. The topological polar surface area (TPSA) is 32.3 Å². The van der Waals surface area contributed by atoms with Gasteiger partial charge in [0.15, 0.2) is 0 Å². The lowest BCUT2D eigenvalue weighted by molar-refractivity contribution is 0.158. The lowest BCUT2D eigenvalue weighted by Crippen LogP contribution is -2.34. The first-order valence-corrected chi connectivity index (χ1v) is 7.42. The molecule has 19 heavy (non-hydrogen) atoms. The monoisotopic (exact) mass is 263 g/mol. The summed E-state index contributed by atoms with van der Waals surface area (Å²) >= 11 is 0. The van der Waals surface area contributed by atoms with E-state index in [4.69, 9.17) is 0 Å². The zero-order valence-corrected chi connectivity index (χ0v) is 12.8. The van der Waals surface area contributed by atoms with Gasteiger partial charge in [0.1, 0.15) is 0 Å². The van der Waals surface area contributed by atoms with Gasteiger partial charge in [-0.05, 0) is 43.7 Å². The molecule has 2 unspecified atom stereocenters. The van der Waals surface area contributed by atoms with Gasteiger partial charge in [0, 0.05) is 6.04 Å². The van der Waals surface area contributed by atoms with Gasteiger partial charge >= 0.3 is 0 Å². The van der Waals surface area contributed by atoms with Crippen LogP contribution in [0.2, 0.25) is 0 Å². The lowest BCUT2D eigenvalue weighted by Gasteiger charge is -2.29. The number of aliphatic hydroxyl groups excluding tert-OH is 1. The van der Waals surface area contributed by atoms with Crippen molar-refractivity contribution in [2.75, 3.05) is 6.54 Å². The Bertz CT molecular complexity index is 348. The van der Waals surface area contributed by atoms with Crippen molar-refractivity contribution in [3.63, 3.8) is 0 Å². The molecule has 0 spiro atoms. The molecule has 0 aliphatic carbocycles. The molecular formula is C17H29NO. The van der Waals surface area contributed by atoms with Crippen molar-refractivity contribution in [1.82, 2.24) is 5.32 Å². The molecule has 0 aliphatic heterocycles. The molecule has 0 heterocycles. The molecule has 2 nitrogen and oxygen atoms in total. The smallest absolute Gasteiger partial charge is 0.0549 e. The van der Waals surface area contributed by atoms with Crippen LogP contribution in [0.25, 0.3) is 0 Å². The maximum absolute atomic E-state index is 9.54. The number of aliphatic hydroxyl groups is 1. The third-order valence-corrected chi connectivity index (χ3v) is 3.81. The van der Waals surface area contributed by atoms with E-state index in [-0.39, 0.29) is 11.5 Å². The summed E-state index contributed by atoms with van der Waals surface area (Å²) in [5, 5.41) is 13.1. The number of nitrogens with one attached hydrogen (secondary N) is 1. The second-order valence-corrected chi connectivity index (χ2v) is 6.16. The van der Waals surface area contributed by atoms with Crippen LogP contribution in [0.4, 0.5) is 0 Å². The standard InChI is InChI=1S/C17H29NO/c1-5-16(19)11-12-18-14(2)13-17(3,4)15-9-7-6-8-10-15/h6-10,14,16,18-19H,5,11-13H2,1-4H3. The Labute approximate surface area is 118 Å². The van der Waals surface area contributed by atoms with Crippen molar-refractivity contribution in [3.8, 4) is 0 Å². The fourth-order valence-corrected chi connectivity index (χ4v) is 2.55. The van der Waals surface area contributed by atoms with E-state index in [0.717, 1.165) is 25.8 Å². The Hall–Kier alpha value is -0.860. The second kappa shape index (κ2) is 7.66. The number of hydrogen-bond acceptors (Lipinski definition) is 2. The molecule has 0 aliphatic rings. The first-order valence-electron chi connectivity index (χ1n) is 7.42. The van der Waals surface area contributed by atoms with E-state index < -0.39 is 0 Å². The summed E-state index contributed by atoms with van der Waals surface area (Å²) in [5.41, 5.74) is 1.56. The molecular weight excluding hydrogens is 234 g/mol. The summed E-state index contributed by atoms with van der Waals surface area (Å²) < 4.78 is 0. The molecule has 2 N–H and O–H groups in total. The van der Waals surface area contributed by atoms with Gasteiger partial charge in [-0.3, -0.25) is 0 Å². The van der Waals surface area contributed by atoms with E-state index in [1.165, 1.54) is 5.56 Å². The molecule has 0 bridgehead atoms. The minimum Gasteiger partial charge on any atom is -0.393 e. The predicted octanol–water partition coefficient (Wildman–Crippen LogP) is 3.49. The first kappa shape index (κ1) is 16.2. The number of hydrogen-bond donors (Lipinski definition) is 2. The van der Waals surface area contributed by atoms with Crippen molar-refractivity contribution in [2.24, 2.45) is 0 Å². The van der Waals surface area contributed by atoms with Gasteiger partial charge in [-0.25, -0.2) is 0 Å². The largest absolute Gasteiger partial charge is 0.393 e. The van der Waals surface area contributed by atoms with Crippen LogP contribution < -0.4 is 5.32 Å². The molecule has 1 aromatic carbocycles. The second-order valence-electron chi connectivity index (χ2n) is 6.16. The predicted molar refractivity (Wildman–Crippen MR) is 82.5 cm³/mol. The first-order chi connectivity index (χ1) is 8.95. The third kappa shape index (κ3) is 5.75. The van der Waals surface area contributed by atoms with Crippen molar-refractivity contribution in [3.05, 3.63) is 35.9 Å². The Balaban J connectivity index is 2.41. The molecule has 0 aromatic heterocycles. The van der Waals surface area contributed by atoms with E-state index in [9.17, 15) is 5.11 Å². The van der Waals surface area contributed by atoms with E-state index in [1.54, 1.807) is 0 Å². The minimum absolute atomic E-state index is 0.165. The molecule has 0 saturated carbocycles. The highest BCUT2D eigenvalue weighted by atomic mass is 16.3. The van der Waals surface area contributed by atoms with Gasteiger partial charge in [0.05, 0.1) is 6.10 Å². The van der Waals surface area contributed by atoms with Crippen molar-refractivity contribution < 1.29 is 5.11 Å². The van der Waals surface area contributed by atoms with Crippen molar-refractivity contribution in [2.45, 2.75) is 64.5 Å². The Kier molecular flexibility index (Phi) is 6.53. The van der Waals surface area contributed by atoms with Gasteiger partial charge in [0.25, 0.3) is 0 Å². The lowest BCUT2D eigenvalue weighted by atomic mass is 9.79. The fourth-order valence-electron chi connectivity index (χ4n) is 2.55. The van der Waals surface area contributed by atoms with Crippen LogP contribution in [0.15, 0.2) is 30.3 Å². The van der Waals surface area contributed by atoms with E-state index in [0.29, 0.717) is 6.04 Å². The Morgan fingerprint density at radius 3 is 2.42 bits per heavy atom. The van der Waals surface area contributed by atoms with Crippen LogP contribution >= 0.6 is 0 Å². The highest BCUT2D eigenvalue weighted by Gasteiger charge is 2.22. The highest BCUT2D eigenvalue weighted by molar-refractivity contribution is 5.23. The normalized spacial score (nSPS) is 15.2. The Morgan fingerprint density at radius 1 is 1.21 bits per heavy atom. The SMILES string of the molecule is CCC(O)CCNC(C)CC(C)(C)c1ccccc1. The van der Waals surface area contributed by atoms with Gasteiger partial charge in [-0.15, -0.1) is 0 Å². The Morgan fingerprint density at radius 2 is 1.84 bits per heavy atom. The summed E-state index contributed by atoms with van der Waals surface area (Å²) in [5.74, 6) is 0. The fraction of sp³-hybridized carbons (Fsp3) is 0.647. The van der Waals surface area contributed by atoms with Gasteiger partial charge in [0.2, 0.25) is 0 Å². The molecule has 2 heteroatoms. The van der Waals surface area contributed by atoms with Crippen LogP contribution in [0.3, 0.4) is 0 Å². The maximum Gasteiger partial charge on any atom is 0.0549 e. The van der Waals surface area contributed by atoms with Crippen LogP contribution in [0.5, 0.6) is 0 Å². The summed E-state index contributed by atoms with van der Waals surface area (Å²) in [6.07, 6.45) is 2.61. The molecule has 1 rings (SSSR count). The molecule has 2 atom stereocenters. The minimum atomic E-state index is -0.165. The van der Waals surface area contributed by atoms with Crippen LogP contribution in [0, 0.1) is 0 Å². The van der Waals surface area contributed by atoms with Gasteiger partial charge in [-0.2, -0.15) is 0 Å². The van der Waals surface area contributed by atoms with E-state index >= 15 is 0 Å². The molecule has 0 fully saturated rings. The van der Waals surface area contributed by atoms with E-state index in [1.807, 2.05) is 6.92 Å². The highest BCUT2D eigenvalue weighted by Crippen LogP contribution is 2.28. The maximum atomic E-state index is 9.54. The molecule has 1 aromatic rings. The summed E-state index contributed by atoms with van der Waals surface area (Å²) in [7, 11) is 0. The molecule has 0 radical (unpaired) electrons. The zero-order valence-electron chi connectivity index (χ0n) is 12.8. The van der Waals surface area contributed by atoms with Crippen LogP contribution in [0.1, 0.15) is 52.5 Å². The molecule has 0 saturated heterocycles. The van der Waals surface area contributed by atoms with Crippen LogP contribution in [-0.2, 0) is 5.41 Å². The third-order valence-electron chi connectivity index (χ3n) is 3.81. The summed E-state index contributed by atoms with van der Waals surface area (Å²) in [6, 6.07) is 11.1. The van der Waals surface area contributed by atoms with Crippen molar-refractivity contribution >= 4 is 0 Å². The van der Waals surface area contributed by atoms with Crippen LogP contribution in [-0.4, -0.2) is 23.8 Å². The summed E-state index contributed by atoms with van der Waals surface area (Å²) in [4.78, 5) is 0. The molecule has 108 valence electrons. The number of rotatable bonds is 8. The summed E-state index contributed by atoms with van der Waals surface area (Å²) in [6.45, 7) is 9.72. The number of benzene rings is 1. The van der Waals surface area contributed by atoms with Crippen molar-refractivity contribution in [1.29, 1.82) is 0 Å². The molecule has 0 amide bonds. The van der Waals surface area contributed by atoms with E-state index in [2.05, 4.69) is 56.4 Å². The van der Waals surface area contributed by atoms with Gasteiger partial charge < -0.3 is 10.4 Å².